The fourth-order valence-corrected chi connectivity index (χ4v) is 3.88. The Labute approximate surface area is 130 Å². The molecule has 1 saturated carbocycles. The summed E-state index contributed by atoms with van der Waals surface area (Å²) >= 11 is 4.96. The SMILES string of the molecule is CCCN(C(=O)c1sc2ccc(Br)cc2c1N)C1CC1. The second-order valence-corrected chi connectivity index (χ2v) is 7.18. The van der Waals surface area contributed by atoms with Gasteiger partial charge in [-0.15, -0.1) is 11.3 Å². The summed E-state index contributed by atoms with van der Waals surface area (Å²) < 4.78 is 2.06. The zero-order valence-corrected chi connectivity index (χ0v) is 13.8. The maximum absolute atomic E-state index is 12.7. The number of thiophene rings is 1. The molecular formula is C15H17BrN2OS. The maximum Gasteiger partial charge on any atom is 0.266 e. The molecule has 1 aromatic carbocycles. The van der Waals surface area contributed by atoms with E-state index in [-0.39, 0.29) is 5.91 Å². The number of carbonyl (C=O) groups excluding carboxylic acids is 1. The van der Waals surface area contributed by atoms with E-state index in [1.54, 1.807) is 0 Å². The summed E-state index contributed by atoms with van der Waals surface area (Å²) in [6, 6.07) is 6.41. The summed E-state index contributed by atoms with van der Waals surface area (Å²) in [5.74, 6) is 0.101. The Bertz CT molecular complexity index is 663. The van der Waals surface area contributed by atoms with Gasteiger partial charge < -0.3 is 10.6 Å². The predicted octanol–water partition coefficient (Wildman–Crippen LogP) is 4.26. The number of hydrogen-bond acceptors (Lipinski definition) is 3. The van der Waals surface area contributed by atoms with Crippen molar-refractivity contribution in [1.29, 1.82) is 0 Å². The van der Waals surface area contributed by atoms with Crippen LogP contribution in [0.1, 0.15) is 35.9 Å². The molecule has 0 radical (unpaired) electrons. The van der Waals surface area contributed by atoms with E-state index in [9.17, 15) is 4.79 Å². The van der Waals surface area contributed by atoms with Crippen molar-refractivity contribution in [3.8, 4) is 0 Å². The molecule has 0 atom stereocenters. The molecule has 1 heterocycles. The van der Waals surface area contributed by atoms with Gasteiger partial charge in [0.05, 0.1) is 5.69 Å². The first kappa shape index (κ1) is 13.9. The fraction of sp³-hybridized carbons (Fsp3) is 0.400. The van der Waals surface area contributed by atoms with Gasteiger partial charge in [0.15, 0.2) is 0 Å². The van der Waals surface area contributed by atoms with Crippen LogP contribution >= 0.6 is 27.3 Å². The van der Waals surface area contributed by atoms with Gasteiger partial charge in [0, 0.05) is 27.1 Å². The van der Waals surface area contributed by atoms with E-state index in [1.807, 2.05) is 23.1 Å². The van der Waals surface area contributed by atoms with E-state index >= 15 is 0 Å². The van der Waals surface area contributed by atoms with Gasteiger partial charge in [0.2, 0.25) is 0 Å². The van der Waals surface area contributed by atoms with Crippen LogP contribution in [0, 0.1) is 0 Å². The molecule has 0 saturated heterocycles. The first-order valence-corrected chi connectivity index (χ1v) is 8.51. The number of nitrogens with zero attached hydrogens (tertiary/aromatic N) is 1. The molecule has 3 nitrogen and oxygen atoms in total. The van der Waals surface area contributed by atoms with Gasteiger partial charge in [0.1, 0.15) is 4.88 Å². The van der Waals surface area contributed by atoms with Crippen molar-refractivity contribution in [3.05, 3.63) is 27.5 Å². The summed E-state index contributed by atoms with van der Waals surface area (Å²) in [5, 5.41) is 0.972. The fourth-order valence-electron chi connectivity index (χ4n) is 2.46. The molecule has 5 heteroatoms. The van der Waals surface area contributed by atoms with Crippen LogP contribution < -0.4 is 5.73 Å². The lowest BCUT2D eigenvalue weighted by Gasteiger charge is -2.21. The molecule has 0 aliphatic heterocycles. The third kappa shape index (κ3) is 2.44. The number of hydrogen-bond donors (Lipinski definition) is 1. The van der Waals surface area contributed by atoms with E-state index in [2.05, 4.69) is 22.9 Å². The van der Waals surface area contributed by atoms with Crippen LogP contribution in [0.5, 0.6) is 0 Å². The van der Waals surface area contributed by atoms with Gasteiger partial charge in [-0.05, 0) is 37.5 Å². The molecule has 2 aromatic rings. The third-order valence-electron chi connectivity index (χ3n) is 3.60. The van der Waals surface area contributed by atoms with Crippen LogP contribution in [0.2, 0.25) is 0 Å². The summed E-state index contributed by atoms with van der Waals surface area (Å²) in [6.07, 6.45) is 3.24. The number of benzene rings is 1. The summed E-state index contributed by atoms with van der Waals surface area (Å²) in [6.45, 7) is 2.93. The van der Waals surface area contributed by atoms with E-state index in [4.69, 9.17) is 5.73 Å². The predicted molar refractivity (Wildman–Crippen MR) is 88.3 cm³/mol. The minimum absolute atomic E-state index is 0.101. The molecule has 3 rings (SSSR count). The van der Waals surface area contributed by atoms with Gasteiger partial charge in [0.25, 0.3) is 5.91 Å². The molecule has 1 aliphatic rings. The average molecular weight is 353 g/mol. The van der Waals surface area contributed by atoms with Crippen LogP contribution in [0.4, 0.5) is 5.69 Å². The smallest absolute Gasteiger partial charge is 0.266 e. The highest BCUT2D eigenvalue weighted by molar-refractivity contribution is 9.10. The Kier molecular flexibility index (Phi) is 3.73. The third-order valence-corrected chi connectivity index (χ3v) is 5.26. The van der Waals surface area contributed by atoms with Gasteiger partial charge in [-0.1, -0.05) is 22.9 Å². The number of nitrogens with two attached hydrogens (primary N) is 1. The van der Waals surface area contributed by atoms with E-state index < -0.39 is 0 Å². The number of carbonyl (C=O) groups is 1. The van der Waals surface area contributed by atoms with E-state index in [1.165, 1.54) is 11.3 Å². The Morgan fingerprint density at radius 2 is 2.25 bits per heavy atom. The number of rotatable bonds is 4. The van der Waals surface area contributed by atoms with Gasteiger partial charge in [-0.3, -0.25) is 4.79 Å². The van der Waals surface area contributed by atoms with Crippen LogP contribution in [0.25, 0.3) is 10.1 Å². The number of halogens is 1. The highest BCUT2D eigenvalue weighted by Crippen LogP contribution is 2.38. The zero-order valence-electron chi connectivity index (χ0n) is 11.4. The van der Waals surface area contributed by atoms with Crippen LogP contribution in [0.15, 0.2) is 22.7 Å². The first-order valence-electron chi connectivity index (χ1n) is 6.90. The minimum atomic E-state index is 0.101. The van der Waals surface area contributed by atoms with Crippen LogP contribution in [-0.2, 0) is 0 Å². The second kappa shape index (κ2) is 5.37. The minimum Gasteiger partial charge on any atom is -0.397 e. The van der Waals surface area contributed by atoms with Crippen molar-refractivity contribution < 1.29 is 4.79 Å². The number of fused-ring (bicyclic) bond motifs is 1. The van der Waals surface area contributed by atoms with E-state index in [0.29, 0.717) is 16.6 Å². The quantitative estimate of drug-likeness (QED) is 0.893. The number of amides is 1. The lowest BCUT2D eigenvalue weighted by molar-refractivity contribution is 0.0749. The molecule has 1 fully saturated rings. The van der Waals surface area contributed by atoms with Crippen molar-refractivity contribution in [1.82, 2.24) is 4.90 Å². The molecule has 0 spiro atoms. The van der Waals surface area contributed by atoms with Crippen LogP contribution in [0.3, 0.4) is 0 Å². The molecular weight excluding hydrogens is 336 g/mol. The largest absolute Gasteiger partial charge is 0.397 e. The van der Waals surface area contributed by atoms with E-state index in [0.717, 1.165) is 40.4 Å². The molecule has 0 bridgehead atoms. The maximum atomic E-state index is 12.7. The number of nitrogen functional groups attached to an aromatic ring is 1. The monoisotopic (exact) mass is 352 g/mol. The van der Waals surface area contributed by atoms with Crippen molar-refractivity contribution in [2.75, 3.05) is 12.3 Å². The lowest BCUT2D eigenvalue weighted by atomic mass is 10.2. The zero-order chi connectivity index (χ0) is 14.3. The van der Waals surface area contributed by atoms with Gasteiger partial charge >= 0.3 is 0 Å². The summed E-state index contributed by atoms with van der Waals surface area (Å²) in [5.41, 5.74) is 6.83. The van der Waals surface area contributed by atoms with Gasteiger partial charge in [-0.25, -0.2) is 0 Å². The Balaban J connectivity index is 2.00. The highest BCUT2D eigenvalue weighted by Gasteiger charge is 2.34. The lowest BCUT2D eigenvalue weighted by Crippen LogP contribution is -2.33. The molecule has 1 aliphatic carbocycles. The summed E-state index contributed by atoms with van der Waals surface area (Å²) in [7, 11) is 0. The van der Waals surface area contributed by atoms with Crippen molar-refractivity contribution >= 4 is 48.9 Å². The normalized spacial score (nSPS) is 14.7. The van der Waals surface area contributed by atoms with Crippen molar-refractivity contribution in [2.24, 2.45) is 0 Å². The van der Waals surface area contributed by atoms with Crippen molar-refractivity contribution in [3.63, 3.8) is 0 Å². The highest BCUT2D eigenvalue weighted by atomic mass is 79.9. The first-order chi connectivity index (χ1) is 9.61. The second-order valence-electron chi connectivity index (χ2n) is 5.22. The number of anilines is 1. The molecule has 0 unspecified atom stereocenters. The molecule has 106 valence electrons. The Morgan fingerprint density at radius 3 is 2.90 bits per heavy atom. The standard InChI is InChI=1S/C15H17BrN2OS/c1-2-7-18(10-4-5-10)15(19)14-13(17)11-8-9(16)3-6-12(11)20-14/h3,6,8,10H,2,4-5,7,17H2,1H3. The molecule has 2 N–H and O–H groups in total. The Hall–Kier alpha value is -1.07. The summed E-state index contributed by atoms with van der Waals surface area (Å²) in [4.78, 5) is 15.4. The molecule has 20 heavy (non-hydrogen) atoms. The average Bonchev–Trinajstić information content (AvgIpc) is 3.22. The van der Waals surface area contributed by atoms with Gasteiger partial charge in [-0.2, -0.15) is 0 Å². The van der Waals surface area contributed by atoms with Crippen LogP contribution in [-0.4, -0.2) is 23.4 Å². The molecule has 1 amide bonds. The molecule has 1 aromatic heterocycles. The van der Waals surface area contributed by atoms with Crippen molar-refractivity contribution in [2.45, 2.75) is 32.2 Å². The Morgan fingerprint density at radius 1 is 1.50 bits per heavy atom. The topological polar surface area (TPSA) is 46.3 Å².